The van der Waals surface area contributed by atoms with E-state index in [1.807, 2.05) is 18.2 Å². The van der Waals surface area contributed by atoms with Gasteiger partial charge in [-0.3, -0.25) is 4.90 Å². The van der Waals surface area contributed by atoms with Gasteiger partial charge >= 0.3 is 5.97 Å². The molecule has 3 rings (SSSR count). The zero-order chi connectivity index (χ0) is 19.8. The molecule has 0 amide bonds. The van der Waals surface area contributed by atoms with Gasteiger partial charge in [0, 0.05) is 45.3 Å². The summed E-state index contributed by atoms with van der Waals surface area (Å²) >= 11 is 0. The smallest absolute Gasteiger partial charge is 0.337 e. The Bertz CT molecular complexity index is 766. The van der Waals surface area contributed by atoms with E-state index in [-0.39, 0.29) is 5.97 Å². The molecule has 1 fully saturated rings. The maximum absolute atomic E-state index is 11.5. The van der Waals surface area contributed by atoms with Gasteiger partial charge in [-0.15, -0.1) is 0 Å². The van der Waals surface area contributed by atoms with Crippen LogP contribution in [0, 0.1) is 0 Å². The van der Waals surface area contributed by atoms with Crippen molar-refractivity contribution in [1.82, 2.24) is 20.3 Å². The van der Waals surface area contributed by atoms with Crippen molar-refractivity contribution in [3.63, 3.8) is 0 Å². The summed E-state index contributed by atoms with van der Waals surface area (Å²) < 4.78 is 9.64. The molecule has 1 aliphatic heterocycles. The van der Waals surface area contributed by atoms with E-state index in [0.717, 1.165) is 56.5 Å². The number of nitrogens with zero attached hydrogens (tertiary/aromatic N) is 4. The van der Waals surface area contributed by atoms with Crippen LogP contribution in [0.5, 0.6) is 0 Å². The van der Waals surface area contributed by atoms with Gasteiger partial charge in [0.2, 0.25) is 0 Å². The highest BCUT2D eigenvalue weighted by atomic mass is 16.5. The van der Waals surface area contributed by atoms with Crippen molar-refractivity contribution >= 4 is 11.9 Å². The highest BCUT2D eigenvalue weighted by Gasteiger charge is 2.20. The van der Waals surface area contributed by atoms with Gasteiger partial charge in [0.15, 0.2) is 5.96 Å². The molecule has 28 heavy (non-hydrogen) atoms. The molecule has 150 valence electrons. The molecule has 1 saturated heterocycles. The average Bonchev–Trinajstić information content (AvgIpc) is 3.24. The lowest BCUT2D eigenvalue weighted by atomic mass is 10.1. The van der Waals surface area contributed by atoms with E-state index in [2.05, 4.69) is 27.2 Å². The summed E-state index contributed by atoms with van der Waals surface area (Å²) in [5.74, 6) is 0.590. The second-order valence-corrected chi connectivity index (χ2v) is 6.61. The molecule has 1 aromatic carbocycles. The van der Waals surface area contributed by atoms with Gasteiger partial charge in [0.25, 0.3) is 0 Å². The van der Waals surface area contributed by atoms with E-state index in [9.17, 15) is 4.79 Å². The summed E-state index contributed by atoms with van der Waals surface area (Å²) in [5, 5.41) is 7.36. The third-order valence-corrected chi connectivity index (χ3v) is 4.67. The van der Waals surface area contributed by atoms with Gasteiger partial charge < -0.3 is 19.5 Å². The minimum Gasteiger partial charge on any atom is -0.465 e. The highest BCUT2D eigenvalue weighted by Crippen LogP contribution is 2.10. The van der Waals surface area contributed by atoms with Crippen molar-refractivity contribution in [2.24, 2.45) is 4.99 Å². The molecule has 1 aliphatic rings. The molecule has 8 nitrogen and oxygen atoms in total. The third kappa shape index (κ3) is 5.32. The normalized spacial score (nSPS) is 15.5. The Morgan fingerprint density at radius 2 is 1.96 bits per heavy atom. The number of methoxy groups -OCH3 is 1. The SMILES string of the molecule is CCNC(=NCc1ccc(C(=O)OC)cc1)N1CCN(Cc2ccon2)CC1. The fourth-order valence-electron chi connectivity index (χ4n) is 3.12. The zero-order valence-corrected chi connectivity index (χ0v) is 16.4. The Kier molecular flexibility index (Phi) is 7.02. The maximum Gasteiger partial charge on any atom is 0.337 e. The summed E-state index contributed by atoms with van der Waals surface area (Å²) in [4.78, 5) is 20.9. The lowest BCUT2D eigenvalue weighted by molar-refractivity contribution is 0.0600. The van der Waals surface area contributed by atoms with Crippen LogP contribution in [-0.2, 0) is 17.8 Å². The standard InChI is InChI=1S/C20H27N5O3/c1-3-21-20(22-14-16-4-6-17(7-5-16)19(26)27-2)25-11-9-24(10-12-25)15-18-8-13-28-23-18/h4-8,13H,3,9-12,14-15H2,1-2H3,(H,21,22). The number of ether oxygens (including phenoxy) is 1. The minimum atomic E-state index is -0.327. The molecule has 8 heteroatoms. The fourth-order valence-corrected chi connectivity index (χ4v) is 3.12. The second-order valence-electron chi connectivity index (χ2n) is 6.61. The van der Waals surface area contributed by atoms with Crippen LogP contribution in [0.1, 0.15) is 28.5 Å². The number of esters is 1. The molecule has 0 unspecified atom stereocenters. The number of aromatic nitrogens is 1. The van der Waals surface area contributed by atoms with Crippen molar-refractivity contribution in [2.45, 2.75) is 20.0 Å². The van der Waals surface area contributed by atoms with Crippen molar-refractivity contribution in [1.29, 1.82) is 0 Å². The number of aliphatic imine (C=N–C) groups is 1. The molecular weight excluding hydrogens is 358 g/mol. The van der Waals surface area contributed by atoms with E-state index in [1.165, 1.54) is 7.11 Å². The number of guanidine groups is 1. The topological polar surface area (TPSA) is 83.2 Å². The first kappa shape index (κ1) is 19.9. The predicted octanol–water partition coefficient (Wildman–Crippen LogP) is 1.74. The molecule has 0 saturated carbocycles. The van der Waals surface area contributed by atoms with E-state index >= 15 is 0 Å². The van der Waals surface area contributed by atoms with Crippen molar-refractivity contribution < 1.29 is 14.1 Å². The van der Waals surface area contributed by atoms with E-state index < -0.39 is 0 Å². The Morgan fingerprint density at radius 3 is 2.57 bits per heavy atom. The largest absolute Gasteiger partial charge is 0.465 e. The first-order chi connectivity index (χ1) is 13.7. The lowest BCUT2D eigenvalue weighted by Crippen LogP contribution is -2.52. The van der Waals surface area contributed by atoms with E-state index in [0.29, 0.717) is 12.1 Å². The van der Waals surface area contributed by atoms with Gasteiger partial charge in [0.1, 0.15) is 6.26 Å². The minimum absolute atomic E-state index is 0.327. The van der Waals surface area contributed by atoms with Crippen LogP contribution in [0.2, 0.25) is 0 Å². The molecule has 0 spiro atoms. The average molecular weight is 385 g/mol. The summed E-state index contributed by atoms with van der Waals surface area (Å²) in [6.07, 6.45) is 1.61. The predicted molar refractivity (Wildman–Crippen MR) is 106 cm³/mol. The molecule has 1 aromatic heterocycles. The van der Waals surface area contributed by atoms with E-state index in [4.69, 9.17) is 14.3 Å². The summed E-state index contributed by atoms with van der Waals surface area (Å²) in [6.45, 7) is 7.97. The van der Waals surface area contributed by atoms with Gasteiger partial charge in [-0.1, -0.05) is 17.3 Å². The Balaban J connectivity index is 1.56. The number of carbonyl (C=O) groups excluding carboxylic acids is 1. The molecule has 0 bridgehead atoms. The first-order valence-corrected chi connectivity index (χ1v) is 9.51. The number of nitrogens with one attached hydrogen (secondary N) is 1. The monoisotopic (exact) mass is 385 g/mol. The Hall–Kier alpha value is -2.87. The summed E-state index contributed by atoms with van der Waals surface area (Å²) in [5.41, 5.74) is 2.56. The highest BCUT2D eigenvalue weighted by molar-refractivity contribution is 5.89. The third-order valence-electron chi connectivity index (χ3n) is 4.67. The van der Waals surface area contributed by atoms with Gasteiger partial charge in [-0.25, -0.2) is 9.79 Å². The maximum atomic E-state index is 11.5. The van der Waals surface area contributed by atoms with Crippen LogP contribution < -0.4 is 5.32 Å². The van der Waals surface area contributed by atoms with Crippen LogP contribution in [-0.4, -0.2) is 66.7 Å². The van der Waals surface area contributed by atoms with Crippen LogP contribution >= 0.6 is 0 Å². The molecule has 1 N–H and O–H groups in total. The molecule has 0 aliphatic carbocycles. The molecule has 0 radical (unpaired) electrons. The van der Waals surface area contributed by atoms with Gasteiger partial charge in [-0.05, 0) is 24.6 Å². The molecule has 2 aromatic rings. The van der Waals surface area contributed by atoms with Crippen molar-refractivity contribution in [2.75, 3.05) is 39.8 Å². The van der Waals surface area contributed by atoms with Gasteiger partial charge in [-0.2, -0.15) is 0 Å². The van der Waals surface area contributed by atoms with Crippen molar-refractivity contribution in [3.05, 3.63) is 53.4 Å². The summed E-state index contributed by atoms with van der Waals surface area (Å²) in [6, 6.07) is 9.27. The van der Waals surface area contributed by atoms with Crippen LogP contribution in [0.15, 0.2) is 46.1 Å². The van der Waals surface area contributed by atoms with Crippen molar-refractivity contribution in [3.8, 4) is 0 Å². The fraction of sp³-hybridized carbons (Fsp3) is 0.450. The number of carbonyl (C=O) groups is 1. The number of benzene rings is 1. The Morgan fingerprint density at radius 1 is 1.21 bits per heavy atom. The van der Waals surface area contributed by atoms with Crippen LogP contribution in [0.3, 0.4) is 0 Å². The number of rotatable bonds is 6. The lowest BCUT2D eigenvalue weighted by Gasteiger charge is -2.36. The number of piperazine rings is 1. The zero-order valence-electron chi connectivity index (χ0n) is 16.4. The first-order valence-electron chi connectivity index (χ1n) is 9.51. The number of hydrogen-bond acceptors (Lipinski definition) is 6. The van der Waals surface area contributed by atoms with Crippen LogP contribution in [0.25, 0.3) is 0 Å². The Labute approximate surface area is 165 Å². The molecule has 0 atom stereocenters. The second kappa shape index (κ2) is 9.89. The van der Waals surface area contributed by atoms with Gasteiger partial charge in [0.05, 0.1) is 24.9 Å². The van der Waals surface area contributed by atoms with E-state index in [1.54, 1.807) is 18.4 Å². The molecule has 2 heterocycles. The number of hydrogen-bond donors (Lipinski definition) is 1. The summed E-state index contributed by atoms with van der Waals surface area (Å²) in [7, 11) is 1.38. The van der Waals surface area contributed by atoms with Crippen LogP contribution in [0.4, 0.5) is 0 Å². The quantitative estimate of drug-likeness (QED) is 0.461. The molecular formula is C20H27N5O3.